The molecule has 87 heavy (non-hydrogen) atoms. The predicted octanol–water partition coefficient (Wildman–Crippen LogP) is 5.39. The highest BCUT2D eigenvalue weighted by Gasteiger charge is 2.24. The van der Waals surface area contributed by atoms with Gasteiger partial charge in [0.2, 0.25) is 0 Å². The largest absolute Gasteiger partial charge is 0.299 e. The Morgan fingerprint density at radius 2 is 0.517 bits per heavy atom. The molecule has 3 aromatic heterocycles. The number of hydrogen-bond donors (Lipinski definition) is 0. The molecule has 0 saturated carbocycles. The second-order valence-electron chi connectivity index (χ2n) is 12.5. The van der Waals surface area contributed by atoms with E-state index in [1.807, 2.05) is 426 Å². The summed E-state index contributed by atoms with van der Waals surface area (Å²) in [5.74, 6) is 0. The van der Waals surface area contributed by atoms with Gasteiger partial charge in [-0.15, -0.1) is 0 Å². The molecule has 0 amide bonds. The standard InChI is InChI=1S/C19H24BrN3.S64/c1-11-16(20)22-17-12-8-9-14(18(2,3)4)21-13(12)10-15(23(11)17)19(5,6)7;1-3-5-7-9-11-13-15-17-19-21-23-25-27-29-31-33-35-37-39-41-43-45-47-49-51-53-55-57-59-61-63-64-62-60-58-56-54-52-50-48-46-44-42-40-38-36-34-32-30-28-26-24-22-20-18-16-14-12-10-8-6-4-2/h8-10H,1-7H3;. The van der Waals surface area contributed by atoms with Crippen LogP contribution < -0.4 is 0 Å². The van der Waals surface area contributed by atoms with Crippen LogP contribution in [0.15, 0.2) is 22.8 Å². The molecule has 0 unspecified atom stereocenters. The Kier molecular flexibility index (Phi) is 77.4. The van der Waals surface area contributed by atoms with Crippen LogP contribution in [0.1, 0.15) is 58.6 Å². The maximum absolute atomic E-state index is 4.94. The normalized spacial score (nSPS) is 9.24. The van der Waals surface area contributed by atoms with Gasteiger partial charge in [-0.25, -0.2) is 4.98 Å². The van der Waals surface area contributed by atoms with Gasteiger partial charge in [-0.1, -0.05) is 41.5 Å². The van der Waals surface area contributed by atoms with Gasteiger partial charge in [-0.05, 0) is 41.1 Å². The average molecular weight is 2430 g/mol. The number of halogens is 1. The van der Waals surface area contributed by atoms with E-state index in [1.165, 1.54) is 23.5 Å². The molecule has 3 heterocycles. The third-order valence-electron chi connectivity index (χ3n) is 5.96. The molecule has 0 aliphatic heterocycles. The first-order valence-electron chi connectivity index (χ1n) is 18.5. The molecule has 3 nitrogen and oxygen atoms in total. The van der Waals surface area contributed by atoms with E-state index in [9.17, 15) is 0 Å². The number of aryl methyl sites for hydroxylation is 1. The molecule has 0 N–H and O–H groups in total. The Bertz CT molecular complexity index is 5880. The van der Waals surface area contributed by atoms with Gasteiger partial charge >= 0.3 is 0 Å². The highest BCUT2D eigenvalue weighted by atomic mass is 79.9. The first-order chi connectivity index (χ1) is 42.4. The van der Waals surface area contributed by atoms with Crippen LogP contribution in [0.2, 0.25) is 0 Å². The second kappa shape index (κ2) is 70.3. The van der Waals surface area contributed by atoms with Crippen molar-refractivity contribution in [2.75, 3.05) is 0 Å². The van der Waals surface area contributed by atoms with Crippen molar-refractivity contribution in [3.05, 3.63) is 39.9 Å². The minimum atomic E-state index is 0.0107. The summed E-state index contributed by atoms with van der Waals surface area (Å²) in [7, 11) is 111. The molecule has 0 radical (unpaired) electrons. The summed E-state index contributed by atoms with van der Waals surface area (Å²) in [6.07, 6.45) is 0. The number of pyridine rings is 2. The maximum Gasteiger partial charge on any atom is 0.148 e. The minimum absolute atomic E-state index is 0.0107. The monoisotopic (exact) mass is 2420 g/mol. The molecule has 0 aromatic carbocycles. The zero-order valence-electron chi connectivity index (χ0n) is 41.1. The third-order valence-corrected chi connectivity index (χ3v) is 142. The second-order valence-corrected chi connectivity index (χ2v) is 123. The zero-order chi connectivity index (χ0) is 63.0. The Morgan fingerprint density at radius 1 is 0.310 bits per heavy atom. The van der Waals surface area contributed by atoms with E-state index in [0.29, 0.717) is 0 Å². The summed E-state index contributed by atoms with van der Waals surface area (Å²) < 4.78 is 3.15. The van der Waals surface area contributed by atoms with Crippen molar-refractivity contribution < 1.29 is 0 Å². The number of fused-ring (bicyclic) bond motifs is 3. The first kappa shape index (κ1) is 95.7. The Morgan fingerprint density at radius 3 is 0.701 bits per heavy atom. The smallest absolute Gasteiger partial charge is 0.148 e. The molecule has 0 saturated heterocycles. The molecule has 0 aliphatic rings. The molecule has 506 valence electrons. The van der Waals surface area contributed by atoms with Crippen LogP contribution >= 0.6 is 15.9 Å². The van der Waals surface area contributed by atoms with Crippen LogP contribution in [0.4, 0.5) is 0 Å². The lowest BCUT2D eigenvalue weighted by Crippen LogP contribution is -2.18. The molecule has 0 spiro atoms. The van der Waals surface area contributed by atoms with Gasteiger partial charge in [-0.2, -0.15) is 0 Å². The molecule has 0 fully saturated rings. The van der Waals surface area contributed by atoms with Crippen LogP contribution in [-0.4, -0.2) is 14.4 Å². The van der Waals surface area contributed by atoms with Crippen molar-refractivity contribution in [2.24, 2.45) is 0 Å². The van der Waals surface area contributed by atoms with Gasteiger partial charge in [0.1, 0.15) is 10.3 Å². The highest BCUT2D eigenvalue weighted by molar-refractivity contribution is 9.10. The van der Waals surface area contributed by atoms with Crippen molar-refractivity contribution in [2.45, 2.75) is 59.3 Å². The fraction of sp³-hybridized carbons (Fsp3) is 0.474. The van der Waals surface area contributed by atoms with E-state index in [2.05, 4.69) is 87.0 Å². The summed E-state index contributed by atoms with van der Waals surface area (Å²) in [5.41, 5.74) is 5.51. The summed E-state index contributed by atoms with van der Waals surface area (Å²) in [5, 5.41) is 1.10. The number of nitrogens with zero attached hydrogens (tertiary/aromatic N) is 3. The lowest BCUT2D eigenvalue weighted by molar-refractivity contribution is 0.558. The minimum Gasteiger partial charge on any atom is -0.299 e. The van der Waals surface area contributed by atoms with Crippen LogP contribution in [0, 0.1) is 6.92 Å². The van der Waals surface area contributed by atoms with Gasteiger partial charge < -0.3 is 0 Å². The van der Waals surface area contributed by atoms with Crippen molar-refractivity contribution in [3.8, 4) is 0 Å². The number of imidazole rings is 1. The molecule has 0 bridgehead atoms. The van der Waals surface area contributed by atoms with Gasteiger partial charge in [0.25, 0.3) is 0 Å². The van der Waals surface area contributed by atoms with Crippen LogP contribution in [0.3, 0.4) is 0 Å². The first-order valence-corrected chi connectivity index (χ1v) is 103. The van der Waals surface area contributed by atoms with Crippen LogP contribution in [0.5, 0.6) is 0 Å². The number of hydrogen-bond acceptors (Lipinski definition) is 4. The lowest BCUT2D eigenvalue weighted by Gasteiger charge is -2.23. The van der Waals surface area contributed by atoms with Gasteiger partial charge in [0.15, 0.2) is 0 Å². The Hall–Kier alpha value is 12.7. The van der Waals surface area contributed by atoms with Gasteiger partial charge in [0.05, 0.1) is 11.2 Å². The highest BCUT2D eigenvalue weighted by Crippen LogP contribution is 2.33. The van der Waals surface area contributed by atoms with E-state index >= 15 is 0 Å². The van der Waals surface area contributed by atoms with Crippen molar-refractivity contribution >= 4 is 605 Å². The molecule has 0 atom stereocenters. The zero-order valence-corrected chi connectivity index (χ0v) is 94.9. The molecule has 3 rings (SSSR count). The molecule has 3 aromatic rings. The van der Waals surface area contributed by atoms with Crippen molar-refractivity contribution in [1.29, 1.82) is 0 Å². The van der Waals surface area contributed by atoms with E-state index in [0.717, 1.165) is 32.5 Å². The lowest BCUT2D eigenvalue weighted by atomic mass is 9.89. The topological polar surface area (TPSA) is 30.2 Å². The number of rotatable bonds is 0. The van der Waals surface area contributed by atoms with Crippen molar-refractivity contribution in [1.82, 2.24) is 14.4 Å². The van der Waals surface area contributed by atoms with E-state index in [1.54, 1.807) is 107 Å². The van der Waals surface area contributed by atoms with Crippen molar-refractivity contribution in [3.63, 3.8) is 0 Å². The summed E-state index contributed by atoms with van der Waals surface area (Å²) in [4.78, 5) is 9.69. The molecular formula is C19H24BrN3S64. The van der Waals surface area contributed by atoms with E-state index in [4.69, 9.17) is 32.3 Å². The van der Waals surface area contributed by atoms with Gasteiger partial charge in [-0.3, -0.25) is 9.38 Å². The third kappa shape index (κ3) is 57.5. The summed E-state index contributed by atoms with van der Waals surface area (Å²) in [6.45, 7) is 15.4. The average Bonchev–Trinajstić information content (AvgIpc) is 1.83. The van der Waals surface area contributed by atoms with E-state index in [-0.39, 0.29) is 10.8 Å². The Balaban J connectivity index is 0.000000918. The SMILES string of the molecule is Cc1c(Br)nc2c3ccc(C(C)(C)C)nc3cc(C(C)(C)C)n12.S=S=S=S=S=S=S=S=S=S=S=S=S=S=S=S=S=S=S=S=S=S=S=S=S=S=S=S=S=S=S=S=S=S=S=S=S=S=S=S=S=S=S=S=S=S=S=S=S=S=S=S=S=S=S=S=S=S=S=S=S=S=S=S. The summed E-state index contributed by atoms with van der Waals surface area (Å²) in [6, 6.07) is 6.50. The Labute approximate surface area is 699 Å². The molecule has 0 aliphatic carbocycles. The van der Waals surface area contributed by atoms with Gasteiger partial charge in [0, 0.05) is 601 Å². The predicted molar refractivity (Wildman–Crippen MR) is 572 cm³/mol. The molecule has 68 heteroatoms. The summed E-state index contributed by atoms with van der Waals surface area (Å²) >= 11 is 13.2. The fourth-order valence-electron chi connectivity index (χ4n) is 3.57. The number of aromatic nitrogens is 3. The maximum atomic E-state index is 4.94. The van der Waals surface area contributed by atoms with E-state index < -0.39 is 0 Å². The van der Waals surface area contributed by atoms with Crippen LogP contribution in [0.25, 0.3) is 16.6 Å². The fourth-order valence-corrected chi connectivity index (χ4v) is 169. The quantitative estimate of drug-likeness (QED) is 0.303. The molecular weight excluding hydrogens is 2400 g/mol. The van der Waals surface area contributed by atoms with Crippen LogP contribution in [-0.2, 0) is 584 Å².